The van der Waals surface area contributed by atoms with Gasteiger partial charge in [-0.15, -0.1) is 0 Å². The smallest absolute Gasteiger partial charge is 0.338 e. The molecule has 3 aromatic rings. The molecule has 1 atom stereocenters. The van der Waals surface area contributed by atoms with Crippen molar-refractivity contribution in [3.05, 3.63) is 60.4 Å². The Morgan fingerprint density at radius 3 is 2.61 bits per heavy atom. The summed E-state index contributed by atoms with van der Waals surface area (Å²) in [6, 6.07) is 12.4. The third kappa shape index (κ3) is 3.56. The monoisotopic (exact) mass is 385 g/mol. The second-order valence-electron chi connectivity index (χ2n) is 6.94. The number of benzene rings is 1. The molecule has 0 aliphatic carbocycles. The Balaban J connectivity index is 1.76. The van der Waals surface area contributed by atoms with Crippen molar-refractivity contribution >= 4 is 16.8 Å². The summed E-state index contributed by atoms with van der Waals surface area (Å²) in [7, 11) is 0. The lowest BCUT2D eigenvalue weighted by Gasteiger charge is -2.34. The van der Waals surface area contributed by atoms with Crippen molar-refractivity contribution in [2.45, 2.75) is 19.0 Å². The summed E-state index contributed by atoms with van der Waals surface area (Å²) in [6.45, 7) is 0.0240. The third-order valence-electron chi connectivity index (χ3n) is 5.09. The summed E-state index contributed by atoms with van der Waals surface area (Å²) in [5.74, 6) is -1.86. The van der Waals surface area contributed by atoms with Gasteiger partial charge in [0.05, 0.1) is 22.7 Å². The molecule has 1 aliphatic heterocycles. The van der Waals surface area contributed by atoms with Gasteiger partial charge in [-0.2, -0.15) is 13.2 Å². The van der Waals surface area contributed by atoms with Gasteiger partial charge in [-0.05, 0) is 37.1 Å². The van der Waals surface area contributed by atoms with E-state index in [4.69, 9.17) is 0 Å². The Labute approximate surface area is 160 Å². The van der Waals surface area contributed by atoms with E-state index >= 15 is 0 Å². The number of nitrogens with zero attached hydrogens (tertiary/aromatic N) is 3. The highest BCUT2D eigenvalue weighted by Gasteiger charge is 2.42. The molecule has 1 fully saturated rings. The van der Waals surface area contributed by atoms with Gasteiger partial charge >= 0.3 is 6.18 Å². The van der Waals surface area contributed by atoms with Crippen molar-refractivity contribution in [2.75, 3.05) is 13.1 Å². The molecule has 0 saturated carbocycles. The molecule has 1 aliphatic rings. The molecule has 1 aromatic carbocycles. The first kappa shape index (κ1) is 18.4. The van der Waals surface area contributed by atoms with Crippen LogP contribution in [0, 0.1) is 5.92 Å². The zero-order valence-electron chi connectivity index (χ0n) is 15.0. The van der Waals surface area contributed by atoms with Crippen LogP contribution in [0.4, 0.5) is 13.2 Å². The quantitative estimate of drug-likeness (QED) is 0.642. The maximum Gasteiger partial charge on any atom is 0.393 e. The molecule has 28 heavy (non-hydrogen) atoms. The maximum atomic E-state index is 13.2. The van der Waals surface area contributed by atoms with Gasteiger partial charge in [-0.3, -0.25) is 9.78 Å². The number of hydrogen-bond acceptors (Lipinski definition) is 3. The number of para-hydroxylation sites is 1. The molecule has 0 radical (unpaired) electrons. The molecule has 1 saturated heterocycles. The molecule has 4 nitrogen and oxygen atoms in total. The lowest BCUT2D eigenvalue weighted by molar-refractivity contribution is -0.184. The van der Waals surface area contributed by atoms with E-state index in [1.807, 2.05) is 6.07 Å². The zero-order valence-corrected chi connectivity index (χ0v) is 15.0. The van der Waals surface area contributed by atoms with Crippen LogP contribution in [0.2, 0.25) is 0 Å². The summed E-state index contributed by atoms with van der Waals surface area (Å²) < 4.78 is 39.5. The highest BCUT2D eigenvalue weighted by atomic mass is 19.4. The van der Waals surface area contributed by atoms with E-state index in [1.54, 1.807) is 48.8 Å². The van der Waals surface area contributed by atoms with Crippen LogP contribution in [-0.4, -0.2) is 40.0 Å². The summed E-state index contributed by atoms with van der Waals surface area (Å²) in [5, 5.41) is 0.638. The molecular weight excluding hydrogens is 367 g/mol. The van der Waals surface area contributed by atoms with Gasteiger partial charge in [0.25, 0.3) is 5.91 Å². The average molecular weight is 385 g/mol. The normalized spacial score (nSPS) is 17.7. The fraction of sp³-hybridized carbons (Fsp3) is 0.286. The minimum absolute atomic E-state index is 0.0621. The molecule has 2 aromatic heterocycles. The molecule has 0 unspecified atom stereocenters. The van der Waals surface area contributed by atoms with Gasteiger partial charge in [0.2, 0.25) is 0 Å². The molecule has 4 rings (SSSR count). The highest BCUT2D eigenvalue weighted by molar-refractivity contribution is 6.07. The van der Waals surface area contributed by atoms with Crippen molar-refractivity contribution in [3.8, 4) is 11.3 Å². The summed E-state index contributed by atoms with van der Waals surface area (Å²) >= 11 is 0. The second-order valence-corrected chi connectivity index (χ2v) is 6.94. The van der Waals surface area contributed by atoms with E-state index in [-0.39, 0.29) is 18.9 Å². The van der Waals surface area contributed by atoms with Crippen molar-refractivity contribution in [1.29, 1.82) is 0 Å². The van der Waals surface area contributed by atoms with Crippen LogP contribution in [0.5, 0.6) is 0 Å². The van der Waals surface area contributed by atoms with Gasteiger partial charge < -0.3 is 4.90 Å². The fourth-order valence-electron chi connectivity index (χ4n) is 3.62. The standard InChI is InChI=1S/C21H18F3N3O/c22-21(23,24)15-4-3-11-27(13-15)20(28)17-12-19(14-7-9-25-10-8-14)26-18-6-2-1-5-16(17)18/h1-2,5-10,12,15H,3-4,11,13H2/t15-/m0/s1. The SMILES string of the molecule is O=C(c1cc(-c2ccncc2)nc2ccccc12)N1CCC[C@H](C(F)(F)F)C1. The van der Waals surface area contributed by atoms with E-state index < -0.39 is 12.1 Å². The molecule has 0 bridgehead atoms. The Hall–Kier alpha value is -2.96. The fourth-order valence-corrected chi connectivity index (χ4v) is 3.62. The number of alkyl halides is 3. The van der Waals surface area contributed by atoms with Crippen molar-refractivity contribution in [1.82, 2.24) is 14.9 Å². The summed E-state index contributed by atoms with van der Waals surface area (Å²) in [5.41, 5.74) is 2.39. The van der Waals surface area contributed by atoms with Crippen molar-refractivity contribution < 1.29 is 18.0 Å². The number of fused-ring (bicyclic) bond motifs is 1. The van der Waals surface area contributed by atoms with Crippen LogP contribution in [0.15, 0.2) is 54.9 Å². The van der Waals surface area contributed by atoms with Crippen molar-refractivity contribution in [2.24, 2.45) is 5.92 Å². The number of carbonyl (C=O) groups excluding carboxylic acids is 1. The molecular formula is C21H18F3N3O. The Kier molecular flexibility index (Phi) is 4.75. The predicted octanol–water partition coefficient (Wildman–Crippen LogP) is 4.71. The number of carbonyl (C=O) groups is 1. The van der Waals surface area contributed by atoms with Crippen LogP contribution >= 0.6 is 0 Å². The number of hydrogen-bond donors (Lipinski definition) is 0. The lowest BCUT2D eigenvalue weighted by Crippen LogP contribution is -2.44. The van der Waals surface area contributed by atoms with E-state index in [2.05, 4.69) is 9.97 Å². The summed E-state index contributed by atoms with van der Waals surface area (Å²) in [4.78, 5) is 23.1. The Bertz CT molecular complexity index is 1000. The number of piperidine rings is 1. The number of aromatic nitrogens is 2. The molecule has 3 heterocycles. The number of pyridine rings is 2. The second kappa shape index (κ2) is 7.22. The topological polar surface area (TPSA) is 46.1 Å². The predicted molar refractivity (Wildman–Crippen MR) is 99.7 cm³/mol. The van der Waals surface area contributed by atoms with Gasteiger partial charge in [0, 0.05) is 36.4 Å². The first-order valence-corrected chi connectivity index (χ1v) is 9.09. The molecule has 7 heteroatoms. The Morgan fingerprint density at radius 2 is 1.86 bits per heavy atom. The molecule has 1 amide bonds. The van der Waals surface area contributed by atoms with Gasteiger partial charge in [-0.1, -0.05) is 18.2 Å². The number of amides is 1. The largest absolute Gasteiger partial charge is 0.393 e. The Morgan fingerprint density at radius 1 is 1.11 bits per heavy atom. The molecule has 144 valence electrons. The van der Waals surface area contributed by atoms with E-state index in [9.17, 15) is 18.0 Å². The van der Waals surface area contributed by atoms with Gasteiger partial charge in [-0.25, -0.2) is 4.98 Å². The average Bonchev–Trinajstić information content (AvgIpc) is 2.72. The highest BCUT2D eigenvalue weighted by Crippen LogP contribution is 2.34. The van der Waals surface area contributed by atoms with Crippen LogP contribution in [-0.2, 0) is 0 Å². The van der Waals surface area contributed by atoms with Gasteiger partial charge in [0.1, 0.15) is 0 Å². The third-order valence-corrected chi connectivity index (χ3v) is 5.09. The minimum Gasteiger partial charge on any atom is -0.338 e. The summed E-state index contributed by atoms with van der Waals surface area (Å²) in [6.07, 6.45) is -0.622. The number of rotatable bonds is 2. The van der Waals surface area contributed by atoms with Gasteiger partial charge in [0.15, 0.2) is 0 Å². The first-order chi connectivity index (χ1) is 13.4. The van der Waals surface area contributed by atoms with E-state index in [1.165, 1.54) is 4.90 Å². The minimum atomic E-state index is -4.29. The molecule has 0 spiro atoms. The van der Waals surface area contributed by atoms with E-state index in [0.29, 0.717) is 35.1 Å². The van der Waals surface area contributed by atoms with Crippen LogP contribution in [0.25, 0.3) is 22.2 Å². The first-order valence-electron chi connectivity index (χ1n) is 9.09. The van der Waals surface area contributed by atoms with Crippen LogP contribution < -0.4 is 0 Å². The van der Waals surface area contributed by atoms with Crippen molar-refractivity contribution in [3.63, 3.8) is 0 Å². The number of likely N-dealkylation sites (tertiary alicyclic amines) is 1. The molecule has 0 N–H and O–H groups in total. The number of halogens is 3. The maximum absolute atomic E-state index is 13.2. The van der Waals surface area contributed by atoms with Crippen LogP contribution in [0.1, 0.15) is 23.2 Å². The zero-order chi connectivity index (χ0) is 19.7. The van der Waals surface area contributed by atoms with Crippen LogP contribution in [0.3, 0.4) is 0 Å². The lowest BCUT2D eigenvalue weighted by atomic mass is 9.96. The van der Waals surface area contributed by atoms with E-state index in [0.717, 1.165) is 5.56 Å².